The van der Waals surface area contributed by atoms with Gasteiger partial charge in [0.2, 0.25) is 0 Å². The minimum atomic E-state index is -0.145. The molecule has 150 valence electrons. The number of halogens is 1. The summed E-state index contributed by atoms with van der Waals surface area (Å²) in [6.07, 6.45) is 1.96. The predicted octanol–water partition coefficient (Wildman–Crippen LogP) is 7.44. The summed E-state index contributed by atoms with van der Waals surface area (Å²) in [6.45, 7) is 2.15. The average Bonchev–Trinajstić information content (AvgIpc) is 3.17. The van der Waals surface area contributed by atoms with Gasteiger partial charge in [-0.3, -0.25) is 10.1 Å². The molecule has 0 atom stereocenters. The summed E-state index contributed by atoms with van der Waals surface area (Å²) in [4.78, 5) is 18.7. The van der Waals surface area contributed by atoms with Gasteiger partial charge in [-0.15, -0.1) is 11.3 Å². The number of benzene rings is 3. The molecule has 3 nitrogen and oxygen atoms in total. The molecule has 0 aliphatic carbocycles. The van der Waals surface area contributed by atoms with Crippen LogP contribution in [0.2, 0.25) is 0 Å². The minimum Gasteiger partial charge on any atom is -0.298 e. The van der Waals surface area contributed by atoms with Crippen LogP contribution in [0.3, 0.4) is 0 Å². The van der Waals surface area contributed by atoms with Crippen molar-refractivity contribution in [3.63, 3.8) is 0 Å². The van der Waals surface area contributed by atoms with Gasteiger partial charge in [-0.25, -0.2) is 4.98 Å². The smallest absolute Gasteiger partial charge is 0.257 e. The fourth-order valence-corrected chi connectivity index (χ4v) is 4.59. The third-order valence-electron chi connectivity index (χ3n) is 4.77. The fraction of sp³-hybridized carbons (Fsp3) is 0.120. The molecule has 0 spiro atoms. The van der Waals surface area contributed by atoms with Crippen molar-refractivity contribution in [2.45, 2.75) is 19.8 Å². The normalized spacial score (nSPS) is 10.7. The molecule has 0 aliphatic heterocycles. The van der Waals surface area contributed by atoms with Gasteiger partial charge in [-0.05, 0) is 41.8 Å². The van der Waals surface area contributed by atoms with Crippen molar-refractivity contribution in [2.24, 2.45) is 0 Å². The highest BCUT2D eigenvalue weighted by Crippen LogP contribution is 2.33. The number of aromatic nitrogens is 1. The van der Waals surface area contributed by atoms with Crippen molar-refractivity contribution in [3.8, 4) is 22.4 Å². The van der Waals surface area contributed by atoms with Crippen molar-refractivity contribution < 1.29 is 4.79 Å². The highest BCUT2D eigenvalue weighted by atomic mass is 79.9. The molecule has 3 aromatic carbocycles. The second-order valence-corrected chi connectivity index (χ2v) is 8.94. The van der Waals surface area contributed by atoms with Crippen LogP contribution in [-0.4, -0.2) is 10.9 Å². The second kappa shape index (κ2) is 9.37. The Morgan fingerprint density at radius 2 is 1.53 bits per heavy atom. The van der Waals surface area contributed by atoms with E-state index in [2.05, 4.69) is 40.3 Å². The number of amides is 1. The van der Waals surface area contributed by atoms with Gasteiger partial charge < -0.3 is 0 Å². The highest BCUT2D eigenvalue weighted by Gasteiger charge is 2.15. The molecule has 1 N–H and O–H groups in total. The van der Waals surface area contributed by atoms with E-state index in [-0.39, 0.29) is 5.91 Å². The van der Waals surface area contributed by atoms with E-state index in [9.17, 15) is 4.79 Å². The summed E-state index contributed by atoms with van der Waals surface area (Å²) < 4.78 is 1.03. The monoisotopic (exact) mass is 476 g/mol. The van der Waals surface area contributed by atoms with Crippen molar-refractivity contribution in [1.82, 2.24) is 4.98 Å². The van der Waals surface area contributed by atoms with E-state index in [1.54, 1.807) is 11.3 Å². The molecule has 4 aromatic rings. The van der Waals surface area contributed by atoms with Gasteiger partial charge in [0.25, 0.3) is 5.91 Å². The summed E-state index contributed by atoms with van der Waals surface area (Å²) in [5.74, 6) is -0.145. The molecular weight excluding hydrogens is 456 g/mol. The maximum atomic E-state index is 12.8. The van der Waals surface area contributed by atoms with Gasteiger partial charge in [0, 0.05) is 20.5 Å². The average molecular weight is 477 g/mol. The van der Waals surface area contributed by atoms with Crippen molar-refractivity contribution >= 4 is 38.3 Å². The molecule has 0 saturated heterocycles. The molecular formula is C25H21BrN2OS. The predicted molar refractivity (Wildman–Crippen MR) is 129 cm³/mol. The number of hydrogen-bond donors (Lipinski definition) is 1. The van der Waals surface area contributed by atoms with E-state index in [1.165, 1.54) is 4.88 Å². The molecule has 30 heavy (non-hydrogen) atoms. The van der Waals surface area contributed by atoms with Gasteiger partial charge in [-0.1, -0.05) is 83.9 Å². The van der Waals surface area contributed by atoms with Crippen molar-refractivity contribution in [3.05, 3.63) is 93.8 Å². The number of nitrogens with one attached hydrogen (secondary N) is 1. The van der Waals surface area contributed by atoms with E-state index < -0.39 is 0 Å². The zero-order valence-corrected chi connectivity index (χ0v) is 19.0. The Hall–Kier alpha value is -2.76. The first kappa shape index (κ1) is 20.5. The summed E-state index contributed by atoms with van der Waals surface area (Å²) in [7, 11) is 0. The third-order valence-corrected chi connectivity index (χ3v) is 6.33. The maximum Gasteiger partial charge on any atom is 0.257 e. The molecule has 1 amide bonds. The Morgan fingerprint density at radius 1 is 0.900 bits per heavy atom. The zero-order chi connectivity index (χ0) is 20.9. The lowest BCUT2D eigenvalue weighted by Gasteiger charge is -2.04. The number of anilines is 1. The number of nitrogens with zero attached hydrogens (tertiary/aromatic N) is 1. The largest absolute Gasteiger partial charge is 0.298 e. The maximum absolute atomic E-state index is 12.8. The van der Waals surface area contributed by atoms with Crippen LogP contribution < -0.4 is 5.32 Å². The fourth-order valence-electron chi connectivity index (χ4n) is 3.25. The van der Waals surface area contributed by atoms with Crippen molar-refractivity contribution in [1.29, 1.82) is 0 Å². The van der Waals surface area contributed by atoms with E-state index in [1.807, 2.05) is 66.7 Å². The van der Waals surface area contributed by atoms with Crippen LogP contribution in [0.5, 0.6) is 0 Å². The number of hydrogen-bond acceptors (Lipinski definition) is 3. The molecule has 0 unspecified atom stereocenters. The Morgan fingerprint density at radius 3 is 2.20 bits per heavy atom. The molecule has 0 saturated carbocycles. The first-order chi connectivity index (χ1) is 14.6. The van der Waals surface area contributed by atoms with Crippen LogP contribution in [0.25, 0.3) is 22.4 Å². The Bertz CT molecular complexity index is 1140. The zero-order valence-electron chi connectivity index (χ0n) is 16.6. The van der Waals surface area contributed by atoms with Gasteiger partial charge in [-0.2, -0.15) is 0 Å². The topological polar surface area (TPSA) is 42.0 Å². The van der Waals surface area contributed by atoms with E-state index in [4.69, 9.17) is 4.98 Å². The molecule has 4 rings (SSSR count). The third kappa shape index (κ3) is 4.69. The second-order valence-electron chi connectivity index (χ2n) is 6.95. The summed E-state index contributed by atoms with van der Waals surface area (Å²) >= 11 is 5.03. The van der Waals surface area contributed by atoms with Crippen LogP contribution in [0.1, 0.15) is 28.6 Å². The molecule has 0 radical (unpaired) electrons. The number of carbonyl (C=O) groups excluding carboxylic acids is 1. The molecule has 0 aliphatic rings. The van der Waals surface area contributed by atoms with Gasteiger partial charge >= 0.3 is 0 Å². The SMILES string of the molecule is CCCc1sc(NC(=O)c2ccc(-c3ccccc3)cc2)nc1-c1ccc(Br)cc1. The lowest BCUT2D eigenvalue weighted by molar-refractivity contribution is 0.102. The summed E-state index contributed by atoms with van der Waals surface area (Å²) in [5.41, 5.74) is 4.85. The number of carbonyl (C=O) groups is 1. The molecule has 5 heteroatoms. The molecule has 1 heterocycles. The lowest BCUT2D eigenvalue weighted by Crippen LogP contribution is -2.11. The van der Waals surface area contributed by atoms with Crippen LogP contribution in [0.4, 0.5) is 5.13 Å². The molecule has 0 bridgehead atoms. The minimum absolute atomic E-state index is 0.145. The first-order valence-electron chi connectivity index (χ1n) is 9.86. The van der Waals surface area contributed by atoms with Crippen LogP contribution in [-0.2, 0) is 6.42 Å². The van der Waals surface area contributed by atoms with Gasteiger partial charge in [0.1, 0.15) is 0 Å². The Balaban J connectivity index is 1.54. The van der Waals surface area contributed by atoms with Gasteiger partial charge in [0.15, 0.2) is 5.13 Å². The van der Waals surface area contributed by atoms with Crippen LogP contribution in [0, 0.1) is 0 Å². The number of aryl methyl sites for hydroxylation is 1. The Kier molecular flexibility index (Phi) is 6.41. The van der Waals surface area contributed by atoms with Gasteiger partial charge in [0.05, 0.1) is 5.69 Å². The number of thiazole rings is 1. The van der Waals surface area contributed by atoms with Crippen molar-refractivity contribution in [2.75, 3.05) is 5.32 Å². The van der Waals surface area contributed by atoms with E-state index in [0.29, 0.717) is 10.7 Å². The van der Waals surface area contributed by atoms with Crippen LogP contribution in [0.15, 0.2) is 83.3 Å². The number of rotatable bonds is 6. The quantitative estimate of drug-likeness (QED) is 0.314. The molecule has 0 fully saturated rings. The summed E-state index contributed by atoms with van der Waals surface area (Å²) in [5, 5.41) is 3.61. The highest BCUT2D eigenvalue weighted by molar-refractivity contribution is 9.10. The molecule has 1 aromatic heterocycles. The standard InChI is InChI=1S/C25H21BrN2OS/c1-2-6-22-23(19-13-15-21(26)16-14-19)27-25(30-22)28-24(29)20-11-9-18(10-12-20)17-7-4-3-5-8-17/h3-5,7-16H,2,6H2,1H3,(H,27,28,29). The van der Waals surface area contributed by atoms with E-state index >= 15 is 0 Å². The Labute approximate surface area is 189 Å². The van der Waals surface area contributed by atoms with E-state index in [0.717, 1.165) is 39.7 Å². The lowest BCUT2D eigenvalue weighted by atomic mass is 10.0. The first-order valence-corrected chi connectivity index (χ1v) is 11.5. The summed E-state index contributed by atoms with van der Waals surface area (Å²) in [6, 6.07) is 25.9. The van der Waals surface area contributed by atoms with Crippen LogP contribution >= 0.6 is 27.3 Å².